The molecule has 0 unspecified atom stereocenters. The van der Waals surface area contributed by atoms with Gasteiger partial charge in [0.05, 0.1) is 12.0 Å². The van der Waals surface area contributed by atoms with E-state index in [-0.39, 0.29) is 24.3 Å². The summed E-state index contributed by atoms with van der Waals surface area (Å²) in [5.74, 6) is -1.18. The van der Waals surface area contributed by atoms with Gasteiger partial charge in [-0.25, -0.2) is 0 Å². The van der Waals surface area contributed by atoms with E-state index in [0.29, 0.717) is 18.4 Å². The summed E-state index contributed by atoms with van der Waals surface area (Å²) in [6.07, 6.45) is 7.01. The van der Waals surface area contributed by atoms with Crippen molar-refractivity contribution in [3.63, 3.8) is 0 Å². The number of hydrogen-bond donors (Lipinski definition) is 3. The van der Waals surface area contributed by atoms with E-state index in [4.69, 9.17) is 5.11 Å². The number of carbonyl (C=O) groups excluding carboxylic acids is 1. The molecule has 35 heavy (non-hydrogen) atoms. The summed E-state index contributed by atoms with van der Waals surface area (Å²) < 4.78 is 0. The molecule has 0 aromatic heterocycles. The molecule has 0 aliphatic heterocycles. The Labute approximate surface area is 210 Å². The van der Waals surface area contributed by atoms with E-state index in [2.05, 4.69) is 50.4 Å². The number of aliphatic carboxylic acids is 1. The van der Waals surface area contributed by atoms with E-state index in [0.717, 1.165) is 35.1 Å². The molecular formula is C30H41NO4. The van der Waals surface area contributed by atoms with Crippen LogP contribution in [0, 0.1) is 13.8 Å². The van der Waals surface area contributed by atoms with Crippen molar-refractivity contribution in [1.82, 2.24) is 5.32 Å². The van der Waals surface area contributed by atoms with Gasteiger partial charge in [-0.15, -0.1) is 0 Å². The second-order valence-electron chi connectivity index (χ2n) is 9.43. The Morgan fingerprint density at radius 3 is 1.94 bits per heavy atom. The first-order valence-corrected chi connectivity index (χ1v) is 12.7. The Bertz CT molecular complexity index is 1060. The minimum atomic E-state index is -0.934. The van der Waals surface area contributed by atoms with Crippen molar-refractivity contribution in [2.45, 2.75) is 84.7 Å². The van der Waals surface area contributed by atoms with Crippen LogP contribution in [0.2, 0.25) is 0 Å². The average Bonchev–Trinajstić information content (AvgIpc) is 2.84. The fourth-order valence-electron chi connectivity index (χ4n) is 4.72. The highest BCUT2D eigenvalue weighted by molar-refractivity contribution is 5.95. The molecule has 3 N–H and O–H groups in total. The number of carboxylic acids is 1. The highest BCUT2D eigenvalue weighted by Crippen LogP contribution is 2.40. The molecule has 0 aliphatic carbocycles. The Balaban J connectivity index is 2.39. The third kappa shape index (κ3) is 6.61. The summed E-state index contributed by atoms with van der Waals surface area (Å²) in [5, 5.41) is 22.1. The van der Waals surface area contributed by atoms with E-state index in [1.807, 2.05) is 45.1 Å². The van der Waals surface area contributed by atoms with Gasteiger partial charge in [0, 0.05) is 17.5 Å². The first-order chi connectivity index (χ1) is 16.6. The normalized spacial score (nSPS) is 12.2. The molecule has 0 saturated heterocycles. The number of aliphatic hydroxyl groups is 1. The molecular weight excluding hydrogens is 438 g/mol. The zero-order valence-corrected chi connectivity index (χ0v) is 22.1. The van der Waals surface area contributed by atoms with Crippen molar-refractivity contribution in [2.24, 2.45) is 0 Å². The molecule has 190 valence electrons. The molecule has 0 fully saturated rings. The van der Waals surface area contributed by atoms with Crippen LogP contribution in [0.5, 0.6) is 0 Å². The van der Waals surface area contributed by atoms with Gasteiger partial charge < -0.3 is 15.5 Å². The summed E-state index contributed by atoms with van der Waals surface area (Å²) in [6.45, 7) is 12.5. The van der Waals surface area contributed by atoms with Gasteiger partial charge >= 0.3 is 5.97 Å². The maximum atomic E-state index is 12.5. The van der Waals surface area contributed by atoms with Gasteiger partial charge in [0.25, 0.3) is 5.91 Å². The van der Waals surface area contributed by atoms with E-state index in [1.54, 1.807) is 0 Å². The van der Waals surface area contributed by atoms with Crippen LogP contribution < -0.4 is 5.32 Å². The predicted molar refractivity (Wildman–Crippen MR) is 143 cm³/mol. The first-order valence-electron chi connectivity index (χ1n) is 12.7. The number of carbonyl (C=O) groups is 2. The lowest BCUT2D eigenvalue weighted by Crippen LogP contribution is -2.28. The van der Waals surface area contributed by atoms with Gasteiger partial charge in [0.15, 0.2) is 0 Å². The number of carboxylic acid groups (broad SMARTS) is 1. The molecule has 0 spiro atoms. The molecule has 2 rings (SSSR count). The van der Waals surface area contributed by atoms with Crippen molar-refractivity contribution in [3.8, 4) is 0 Å². The van der Waals surface area contributed by atoms with Crippen LogP contribution in [0.3, 0.4) is 0 Å². The second kappa shape index (κ2) is 12.2. The van der Waals surface area contributed by atoms with E-state index in [9.17, 15) is 14.7 Å². The Morgan fingerprint density at radius 2 is 1.46 bits per heavy atom. The molecule has 0 aliphatic rings. The third-order valence-corrected chi connectivity index (χ3v) is 7.48. The second-order valence-corrected chi connectivity index (χ2v) is 9.43. The van der Waals surface area contributed by atoms with E-state index < -0.39 is 11.6 Å². The van der Waals surface area contributed by atoms with Gasteiger partial charge in [-0.2, -0.15) is 0 Å². The number of amides is 1. The molecule has 2 aromatic carbocycles. The molecule has 2 aromatic rings. The molecule has 0 atom stereocenters. The summed E-state index contributed by atoms with van der Waals surface area (Å²) in [4.78, 5) is 23.3. The van der Waals surface area contributed by atoms with Crippen LogP contribution in [0.1, 0.15) is 98.0 Å². The van der Waals surface area contributed by atoms with Crippen LogP contribution in [-0.4, -0.2) is 34.2 Å². The lowest BCUT2D eigenvalue weighted by Gasteiger charge is -2.34. The molecule has 0 radical (unpaired) electrons. The van der Waals surface area contributed by atoms with E-state index in [1.165, 1.54) is 5.56 Å². The van der Waals surface area contributed by atoms with Crippen molar-refractivity contribution in [2.75, 3.05) is 6.54 Å². The zero-order chi connectivity index (χ0) is 26.2. The minimum absolute atomic E-state index is 0.0988. The summed E-state index contributed by atoms with van der Waals surface area (Å²) in [7, 11) is 0. The van der Waals surface area contributed by atoms with Crippen LogP contribution in [0.25, 0.3) is 6.08 Å². The predicted octanol–water partition coefficient (Wildman–Crippen LogP) is 6.18. The van der Waals surface area contributed by atoms with Crippen molar-refractivity contribution < 1.29 is 19.8 Å². The molecule has 1 amide bonds. The van der Waals surface area contributed by atoms with Gasteiger partial charge in [0.1, 0.15) is 0 Å². The molecule has 0 saturated carbocycles. The van der Waals surface area contributed by atoms with Crippen molar-refractivity contribution in [3.05, 3.63) is 75.9 Å². The highest BCUT2D eigenvalue weighted by Gasteiger charge is 2.31. The van der Waals surface area contributed by atoms with Crippen LogP contribution in [-0.2, 0) is 10.2 Å². The van der Waals surface area contributed by atoms with Crippen LogP contribution in [0.15, 0.2) is 42.5 Å². The van der Waals surface area contributed by atoms with Gasteiger partial charge in [-0.3, -0.25) is 9.59 Å². The smallest absolute Gasteiger partial charge is 0.305 e. The zero-order valence-electron chi connectivity index (χ0n) is 22.1. The minimum Gasteiger partial charge on any atom is -0.481 e. The number of nitrogens with one attached hydrogen (secondary N) is 1. The topological polar surface area (TPSA) is 86.6 Å². The molecule has 0 heterocycles. The largest absolute Gasteiger partial charge is 0.481 e. The highest BCUT2D eigenvalue weighted by atomic mass is 16.4. The van der Waals surface area contributed by atoms with Crippen molar-refractivity contribution in [1.29, 1.82) is 0 Å². The van der Waals surface area contributed by atoms with E-state index >= 15 is 0 Å². The number of rotatable bonds is 12. The summed E-state index contributed by atoms with van der Waals surface area (Å²) in [6, 6.07) is 12.5. The van der Waals surface area contributed by atoms with Crippen LogP contribution >= 0.6 is 0 Å². The third-order valence-electron chi connectivity index (χ3n) is 7.48. The van der Waals surface area contributed by atoms with Gasteiger partial charge in [-0.05, 0) is 73.4 Å². The maximum absolute atomic E-state index is 12.5. The van der Waals surface area contributed by atoms with Gasteiger partial charge in [-0.1, -0.05) is 70.2 Å². The van der Waals surface area contributed by atoms with Crippen molar-refractivity contribution >= 4 is 18.0 Å². The number of aryl methyl sites for hydroxylation is 2. The lowest BCUT2D eigenvalue weighted by molar-refractivity contribution is -0.136. The summed E-state index contributed by atoms with van der Waals surface area (Å²) in [5.41, 5.74) is 5.12. The fourth-order valence-corrected chi connectivity index (χ4v) is 4.72. The molecule has 5 heteroatoms. The fraction of sp³-hybridized carbons (Fsp3) is 0.467. The standard InChI is InChI=1S/C30H41NO4/c1-7-29(35,8-2)17-15-23-11-12-24(19-21(23)5)30(9-3,10-4)25-13-14-26(22(6)20-25)28(34)31-18-16-27(32)33/h11-15,17,19-20,35H,7-10,16,18H2,1-6H3,(H,31,34)(H,32,33). The van der Waals surface area contributed by atoms with Crippen LogP contribution in [0.4, 0.5) is 0 Å². The monoisotopic (exact) mass is 479 g/mol. The SMILES string of the molecule is CCC(O)(C=Cc1ccc(C(CC)(CC)c2ccc(C(=O)NCCC(=O)O)c(C)c2)cc1C)CC. The lowest BCUT2D eigenvalue weighted by atomic mass is 9.69. The summed E-state index contributed by atoms with van der Waals surface area (Å²) >= 11 is 0. The average molecular weight is 480 g/mol. The number of benzene rings is 2. The molecule has 0 bridgehead atoms. The van der Waals surface area contributed by atoms with Gasteiger partial charge in [0.2, 0.25) is 0 Å². The number of hydrogen-bond acceptors (Lipinski definition) is 3. The Hall–Kier alpha value is -2.92. The maximum Gasteiger partial charge on any atom is 0.305 e. The Kier molecular flexibility index (Phi) is 9.84. The first kappa shape index (κ1) is 28.3. The quantitative estimate of drug-likeness (QED) is 0.339. The Morgan fingerprint density at radius 1 is 0.886 bits per heavy atom. The molecule has 5 nitrogen and oxygen atoms in total.